The Labute approximate surface area is 196 Å². The molecule has 0 aliphatic heterocycles. The van der Waals surface area contributed by atoms with Gasteiger partial charge in [-0.25, -0.2) is 4.98 Å². The quantitative estimate of drug-likeness (QED) is 0.380. The number of carbonyl (C=O) groups is 1. The molecule has 3 N–H and O–H groups in total. The van der Waals surface area contributed by atoms with E-state index < -0.39 is 0 Å². The van der Waals surface area contributed by atoms with Gasteiger partial charge in [-0.15, -0.1) is 0 Å². The van der Waals surface area contributed by atoms with Gasteiger partial charge in [0, 0.05) is 29.2 Å². The van der Waals surface area contributed by atoms with Gasteiger partial charge in [-0.05, 0) is 62.1 Å². The summed E-state index contributed by atoms with van der Waals surface area (Å²) in [6, 6.07) is 13.2. The Morgan fingerprint density at radius 2 is 1.85 bits per heavy atom. The van der Waals surface area contributed by atoms with Gasteiger partial charge in [0.25, 0.3) is 11.3 Å². The highest BCUT2D eigenvalue weighted by atomic mass is 35.5. The number of hydrogen-bond donors (Lipinski definition) is 3. The van der Waals surface area contributed by atoms with E-state index >= 15 is 0 Å². The minimum Gasteiger partial charge on any atom is -0.351 e. The summed E-state index contributed by atoms with van der Waals surface area (Å²) in [5.74, 6) is 0.556. The lowest BCUT2D eigenvalue weighted by Gasteiger charge is -2.10. The second-order valence-electron chi connectivity index (χ2n) is 7.96. The van der Waals surface area contributed by atoms with Crippen molar-refractivity contribution in [2.75, 3.05) is 10.6 Å². The first-order valence-corrected chi connectivity index (χ1v) is 11.0. The van der Waals surface area contributed by atoms with E-state index in [-0.39, 0.29) is 30.1 Å². The Kier molecular flexibility index (Phi) is 6.46. The topological polar surface area (TPSA) is 104 Å². The maximum Gasteiger partial charge on any atom is 0.277 e. The number of rotatable bonds is 7. The van der Waals surface area contributed by atoms with Gasteiger partial charge in [0.1, 0.15) is 0 Å². The minimum absolute atomic E-state index is 0.150. The lowest BCUT2D eigenvalue weighted by molar-refractivity contribution is -0.116. The van der Waals surface area contributed by atoms with Crippen LogP contribution >= 0.6 is 11.6 Å². The fraction of sp³-hybridized carbons (Fsp3) is 0.250. The smallest absolute Gasteiger partial charge is 0.277 e. The van der Waals surface area contributed by atoms with Crippen LogP contribution in [-0.4, -0.2) is 25.5 Å². The molecule has 8 nitrogen and oxygen atoms in total. The first-order chi connectivity index (χ1) is 15.8. The van der Waals surface area contributed by atoms with Crippen molar-refractivity contribution < 1.29 is 4.79 Å². The number of halogens is 1. The van der Waals surface area contributed by atoms with E-state index in [4.69, 9.17) is 11.6 Å². The van der Waals surface area contributed by atoms with Crippen molar-refractivity contribution in [2.45, 2.75) is 40.2 Å². The maximum absolute atomic E-state index is 13.0. The molecule has 0 radical (unpaired) electrons. The molecule has 2 heterocycles. The Hall–Kier alpha value is -3.65. The third-order valence-corrected chi connectivity index (χ3v) is 5.90. The minimum atomic E-state index is -0.260. The standard InChI is InChI=1S/C24H25ClN6O2/c1-14-5-4-6-20(15(14)2)28-21(32)12-11-19-16(3)27-24-29-23(30-31(24)22(19)33)26-13-17-7-9-18(25)10-8-17/h4-10H,11-13H2,1-3H3,(H,28,32)(H2,26,27,29,30). The number of aryl methyl sites for hydroxylation is 2. The fourth-order valence-electron chi connectivity index (χ4n) is 3.55. The number of H-pyrrole nitrogens is 1. The lowest BCUT2D eigenvalue weighted by Crippen LogP contribution is -2.23. The van der Waals surface area contributed by atoms with Crippen molar-refractivity contribution in [3.8, 4) is 0 Å². The van der Waals surface area contributed by atoms with Gasteiger partial charge < -0.3 is 10.6 Å². The summed E-state index contributed by atoms with van der Waals surface area (Å²) in [5, 5.41) is 9.70. The molecule has 2 aromatic heterocycles. The molecule has 0 atom stereocenters. The zero-order chi connectivity index (χ0) is 23.5. The fourth-order valence-corrected chi connectivity index (χ4v) is 3.67. The van der Waals surface area contributed by atoms with E-state index in [0.29, 0.717) is 28.8 Å². The predicted molar refractivity (Wildman–Crippen MR) is 130 cm³/mol. The molecule has 0 aliphatic carbocycles. The number of nitrogens with one attached hydrogen (secondary N) is 3. The van der Waals surface area contributed by atoms with Crippen molar-refractivity contribution in [3.63, 3.8) is 0 Å². The molecule has 0 bridgehead atoms. The highest BCUT2D eigenvalue weighted by Gasteiger charge is 2.15. The van der Waals surface area contributed by atoms with Crippen molar-refractivity contribution in [2.24, 2.45) is 0 Å². The summed E-state index contributed by atoms with van der Waals surface area (Å²) in [6.07, 6.45) is 0.455. The Morgan fingerprint density at radius 1 is 1.09 bits per heavy atom. The molecule has 0 saturated carbocycles. The molecule has 2 aromatic carbocycles. The van der Waals surface area contributed by atoms with Crippen LogP contribution in [0.5, 0.6) is 0 Å². The Balaban J connectivity index is 1.46. The lowest BCUT2D eigenvalue weighted by atomic mass is 10.1. The van der Waals surface area contributed by atoms with E-state index in [9.17, 15) is 9.59 Å². The molecule has 1 amide bonds. The Morgan fingerprint density at radius 3 is 2.61 bits per heavy atom. The number of benzene rings is 2. The third-order valence-electron chi connectivity index (χ3n) is 5.65. The Bertz CT molecular complexity index is 1370. The number of hydrogen-bond acceptors (Lipinski definition) is 5. The third kappa shape index (κ3) is 5.06. The largest absolute Gasteiger partial charge is 0.351 e. The van der Waals surface area contributed by atoms with Crippen LogP contribution in [0.2, 0.25) is 5.02 Å². The zero-order valence-corrected chi connectivity index (χ0v) is 19.5. The summed E-state index contributed by atoms with van der Waals surface area (Å²) in [5.41, 5.74) is 4.73. The van der Waals surface area contributed by atoms with Gasteiger partial charge in [0.2, 0.25) is 11.9 Å². The van der Waals surface area contributed by atoms with Gasteiger partial charge >= 0.3 is 0 Å². The van der Waals surface area contributed by atoms with Crippen LogP contribution in [-0.2, 0) is 17.8 Å². The predicted octanol–water partition coefficient (Wildman–Crippen LogP) is 4.18. The molecule has 170 valence electrons. The molecule has 4 rings (SSSR count). The van der Waals surface area contributed by atoms with E-state index in [1.165, 1.54) is 4.52 Å². The van der Waals surface area contributed by atoms with E-state index in [1.807, 2.05) is 56.3 Å². The van der Waals surface area contributed by atoms with Crippen LogP contribution < -0.4 is 16.2 Å². The molecule has 0 saturated heterocycles. The number of aromatic amines is 1. The molecule has 33 heavy (non-hydrogen) atoms. The van der Waals surface area contributed by atoms with Crippen LogP contribution in [0.1, 0.15) is 34.4 Å². The number of aromatic nitrogens is 4. The molecule has 0 spiro atoms. The molecule has 0 aliphatic rings. The van der Waals surface area contributed by atoms with Gasteiger partial charge in [-0.1, -0.05) is 35.9 Å². The van der Waals surface area contributed by atoms with Gasteiger partial charge in [0.15, 0.2) is 0 Å². The molecule has 0 fully saturated rings. The molecule has 0 unspecified atom stereocenters. The highest BCUT2D eigenvalue weighted by molar-refractivity contribution is 6.30. The van der Waals surface area contributed by atoms with E-state index in [2.05, 4.69) is 25.7 Å². The first-order valence-electron chi connectivity index (χ1n) is 10.6. The molecule has 4 aromatic rings. The van der Waals surface area contributed by atoms with Crippen LogP contribution in [0, 0.1) is 20.8 Å². The summed E-state index contributed by atoms with van der Waals surface area (Å²) < 4.78 is 1.30. The number of fused-ring (bicyclic) bond motifs is 1. The zero-order valence-electron chi connectivity index (χ0n) is 18.7. The molecule has 9 heteroatoms. The van der Waals surface area contributed by atoms with Gasteiger partial charge in [0.05, 0.1) is 5.69 Å². The number of carbonyl (C=O) groups excluding carboxylic acids is 1. The SMILES string of the molecule is Cc1cccc(NC(=O)CCc2c(C)nc3nc(NCc4ccc(Cl)cc4)[nH]n3c2=O)c1C. The summed E-state index contributed by atoms with van der Waals surface area (Å²) >= 11 is 5.92. The van der Waals surface area contributed by atoms with Crippen LogP contribution in [0.3, 0.4) is 0 Å². The monoisotopic (exact) mass is 464 g/mol. The van der Waals surface area contributed by atoms with Gasteiger partial charge in [-0.3, -0.25) is 14.7 Å². The first kappa shape index (κ1) is 22.5. The summed E-state index contributed by atoms with van der Waals surface area (Å²) in [7, 11) is 0. The summed E-state index contributed by atoms with van der Waals surface area (Å²) in [6.45, 7) is 6.24. The average Bonchev–Trinajstić information content (AvgIpc) is 3.19. The number of anilines is 2. The van der Waals surface area contributed by atoms with Crippen molar-refractivity contribution in [3.05, 3.63) is 85.8 Å². The van der Waals surface area contributed by atoms with Crippen molar-refractivity contribution in [1.82, 2.24) is 19.6 Å². The van der Waals surface area contributed by atoms with Gasteiger partial charge in [-0.2, -0.15) is 9.50 Å². The maximum atomic E-state index is 13.0. The second kappa shape index (κ2) is 9.46. The van der Waals surface area contributed by atoms with Crippen LogP contribution in [0.4, 0.5) is 11.6 Å². The molecular weight excluding hydrogens is 440 g/mol. The van der Waals surface area contributed by atoms with Crippen molar-refractivity contribution >= 4 is 34.9 Å². The summed E-state index contributed by atoms with van der Waals surface area (Å²) in [4.78, 5) is 34.3. The van der Waals surface area contributed by atoms with Crippen LogP contribution in [0.15, 0.2) is 47.3 Å². The van der Waals surface area contributed by atoms with E-state index in [0.717, 1.165) is 22.4 Å². The highest BCUT2D eigenvalue weighted by Crippen LogP contribution is 2.18. The van der Waals surface area contributed by atoms with Crippen LogP contribution in [0.25, 0.3) is 5.78 Å². The van der Waals surface area contributed by atoms with E-state index in [1.54, 1.807) is 6.92 Å². The average molecular weight is 465 g/mol. The second-order valence-corrected chi connectivity index (χ2v) is 8.40. The van der Waals surface area contributed by atoms with Crippen molar-refractivity contribution in [1.29, 1.82) is 0 Å². The molecular formula is C24H25ClN6O2. The normalized spacial score (nSPS) is 11.0. The number of amides is 1. The number of nitrogens with zero attached hydrogens (tertiary/aromatic N) is 3.